The summed E-state index contributed by atoms with van der Waals surface area (Å²) in [5.41, 5.74) is -0.486. The minimum absolute atomic E-state index is 0.00228. The van der Waals surface area contributed by atoms with Crippen molar-refractivity contribution in [3.63, 3.8) is 0 Å². The maximum absolute atomic E-state index is 14.3. The Morgan fingerprint density at radius 2 is 1.67 bits per heavy atom. The summed E-state index contributed by atoms with van der Waals surface area (Å²) in [6, 6.07) is 14.0. The molecule has 2 amide bonds. The van der Waals surface area contributed by atoms with E-state index in [4.69, 9.17) is 11.6 Å². The van der Waals surface area contributed by atoms with Crippen molar-refractivity contribution in [3.8, 4) is 11.1 Å². The number of rotatable bonds is 5. The average molecular weight is 652 g/mol. The lowest BCUT2D eigenvalue weighted by molar-refractivity contribution is -0.137. The molecular formula is C34H23ClF5N3O3. The molecule has 0 saturated carbocycles. The predicted molar refractivity (Wildman–Crippen MR) is 162 cm³/mol. The third-order valence-corrected chi connectivity index (χ3v) is 8.06. The molecule has 2 heterocycles. The van der Waals surface area contributed by atoms with E-state index < -0.39 is 52.4 Å². The van der Waals surface area contributed by atoms with Gasteiger partial charge in [0.15, 0.2) is 0 Å². The number of anilines is 1. The first-order chi connectivity index (χ1) is 21.6. The van der Waals surface area contributed by atoms with Crippen molar-refractivity contribution < 1.29 is 36.6 Å². The monoisotopic (exact) mass is 651 g/mol. The number of nitrogens with one attached hydrogen (secondary N) is 2. The van der Waals surface area contributed by atoms with Gasteiger partial charge in [-0.05, 0) is 91.7 Å². The second-order valence-corrected chi connectivity index (χ2v) is 11.8. The van der Waals surface area contributed by atoms with Crippen LogP contribution in [0.2, 0.25) is 5.02 Å². The quantitative estimate of drug-likeness (QED) is 0.167. The molecule has 6 nitrogen and oxygen atoms in total. The van der Waals surface area contributed by atoms with Crippen LogP contribution in [-0.2, 0) is 11.8 Å². The number of hydrogen-bond acceptors (Lipinski definition) is 4. The maximum atomic E-state index is 14.3. The summed E-state index contributed by atoms with van der Waals surface area (Å²) in [7, 11) is 0. The number of carbonyl (C=O) groups is 2. The Morgan fingerprint density at radius 3 is 2.39 bits per heavy atom. The SMILES string of the molecule is CC(C)(O)c1cnc2ccc(-c3cc(NC(=O)c4cc(F)cc(C(F)(F)F)c4)c4c(c3)C(=O)N[C@H]4c3cc(F)ccc3Cl)cc2c1. The fraction of sp³-hybridized carbons (Fsp3) is 0.147. The zero-order valence-electron chi connectivity index (χ0n) is 24.1. The fourth-order valence-electron chi connectivity index (χ4n) is 5.40. The molecule has 1 atom stereocenters. The molecule has 12 heteroatoms. The number of alkyl halides is 3. The first kappa shape index (κ1) is 31.1. The average Bonchev–Trinajstić information content (AvgIpc) is 3.32. The van der Waals surface area contributed by atoms with Crippen molar-refractivity contribution in [1.29, 1.82) is 0 Å². The van der Waals surface area contributed by atoms with Crippen LogP contribution in [-0.4, -0.2) is 21.9 Å². The van der Waals surface area contributed by atoms with Crippen LogP contribution >= 0.6 is 11.6 Å². The molecule has 3 N–H and O–H groups in total. The molecule has 0 fully saturated rings. The van der Waals surface area contributed by atoms with E-state index in [2.05, 4.69) is 15.6 Å². The van der Waals surface area contributed by atoms with Gasteiger partial charge in [0.2, 0.25) is 0 Å². The summed E-state index contributed by atoms with van der Waals surface area (Å²) in [5, 5.41) is 16.5. The second kappa shape index (κ2) is 11.2. The summed E-state index contributed by atoms with van der Waals surface area (Å²) in [4.78, 5) is 31.1. The molecule has 1 aromatic heterocycles. The van der Waals surface area contributed by atoms with Crippen LogP contribution in [0.5, 0.6) is 0 Å². The summed E-state index contributed by atoms with van der Waals surface area (Å²) in [6.45, 7) is 3.23. The van der Waals surface area contributed by atoms with Crippen LogP contribution < -0.4 is 10.6 Å². The molecule has 6 rings (SSSR count). The highest BCUT2D eigenvalue weighted by Gasteiger charge is 2.36. The van der Waals surface area contributed by atoms with E-state index >= 15 is 0 Å². The number of nitrogens with zero attached hydrogens (tertiary/aromatic N) is 1. The van der Waals surface area contributed by atoms with E-state index in [0.717, 1.165) is 12.1 Å². The summed E-state index contributed by atoms with van der Waals surface area (Å²) < 4.78 is 68.7. The Labute approximate surface area is 263 Å². The first-order valence-electron chi connectivity index (χ1n) is 13.8. The minimum Gasteiger partial charge on any atom is -0.386 e. The predicted octanol–water partition coefficient (Wildman–Crippen LogP) is 8.16. The van der Waals surface area contributed by atoms with Gasteiger partial charge in [-0.15, -0.1) is 0 Å². The van der Waals surface area contributed by atoms with Gasteiger partial charge in [0, 0.05) is 50.1 Å². The number of amides is 2. The number of aromatic nitrogens is 1. The molecule has 1 aliphatic heterocycles. The van der Waals surface area contributed by atoms with Crippen molar-refractivity contribution in [1.82, 2.24) is 10.3 Å². The summed E-state index contributed by atoms with van der Waals surface area (Å²) >= 11 is 6.37. The topological polar surface area (TPSA) is 91.3 Å². The number of pyridine rings is 1. The highest BCUT2D eigenvalue weighted by molar-refractivity contribution is 6.31. The Kier molecular flexibility index (Phi) is 7.57. The lowest BCUT2D eigenvalue weighted by Crippen LogP contribution is -2.21. The van der Waals surface area contributed by atoms with Crippen LogP contribution in [0.1, 0.15) is 62.9 Å². The molecule has 234 valence electrons. The Hall–Kier alpha value is -4.87. The molecule has 0 radical (unpaired) electrons. The Bertz CT molecular complexity index is 2070. The molecule has 0 unspecified atom stereocenters. The van der Waals surface area contributed by atoms with E-state index in [1.165, 1.54) is 12.1 Å². The van der Waals surface area contributed by atoms with Crippen LogP contribution in [0.25, 0.3) is 22.0 Å². The van der Waals surface area contributed by atoms with Gasteiger partial charge in [-0.3, -0.25) is 14.6 Å². The maximum Gasteiger partial charge on any atom is 0.416 e. The molecule has 0 saturated heterocycles. The van der Waals surface area contributed by atoms with Gasteiger partial charge in [0.05, 0.1) is 22.7 Å². The normalized spacial score (nSPS) is 14.7. The number of aliphatic hydroxyl groups is 1. The number of halogens is 6. The third-order valence-electron chi connectivity index (χ3n) is 7.71. The molecule has 0 spiro atoms. The van der Waals surface area contributed by atoms with Crippen molar-refractivity contribution in [2.24, 2.45) is 0 Å². The van der Waals surface area contributed by atoms with E-state index in [0.29, 0.717) is 39.7 Å². The zero-order chi connectivity index (χ0) is 33.1. The van der Waals surface area contributed by atoms with Gasteiger partial charge in [0.25, 0.3) is 11.8 Å². The van der Waals surface area contributed by atoms with Gasteiger partial charge < -0.3 is 15.7 Å². The molecule has 1 aliphatic rings. The Morgan fingerprint density at radius 1 is 0.913 bits per heavy atom. The summed E-state index contributed by atoms with van der Waals surface area (Å²) in [5.74, 6) is -3.56. The standard InChI is InChI=1S/C34H23ClF5N3O3/c1-33(2,46)21-8-18-7-16(3-6-27(18)41-15-21)17-11-25-29(30(43-32(25)45)24-14-22(36)4-5-26(24)35)28(12-17)42-31(44)19-9-20(34(38,39)40)13-23(37)10-19/h3-15,30,46H,1-2H3,(H,42,44)(H,43,45)/t30-/m0/s1. The van der Waals surface area contributed by atoms with Gasteiger partial charge in [-0.2, -0.15) is 13.2 Å². The molecule has 0 aliphatic carbocycles. The lowest BCUT2D eigenvalue weighted by atomic mass is 9.92. The number of carbonyl (C=O) groups excluding carboxylic acids is 2. The summed E-state index contributed by atoms with van der Waals surface area (Å²) in [6.07, 6.45) is -3.35. The third kappa shape index (κ3) is 5.91. The molecule has 0 bridgehead atoms. The van der Waals surface area contributed by atoms with Crippen molar-refractivity contribution in [3.05, 3.63) is 129 Å². The Balaban J connectivity index is 1.52. The first-order valence-corrected chi connectivity index (χ1v) is 14.2. The van der Waals surface area contributed by atoms with Crippen LogP contribution in [0.15, 0.2) is 79.0 Å². The van der Waals surface area contributed by atoms with Gasteiger partial charge in [-0.25, -0.2) is 8.78 Å². The second-order valence-electron chi connectivity index (χ2n) is 11.4. The van der Waals surface area contributed by atoms with Gasteiger partial charge in [0.1, 0.15) is 11.6 Å². The van der Waals surface area contributed by atoms with Crippen LogP contribution in [0.4, 0.5) is 27.6 Å². The van der Waals surface area contributed by atoms with Gasteiger partial charge in [-0.1, -0.05) is 17.7 Å². The van der Waals surface area contributed by atoms with E-state index in [1.807, 2.05) is 0 Å². The van der Waals surface area contributed by atoms with Crippen LogP contribution in [0, 0.1) is 11.6 Å². The largest absolute Gasteiger partial charge is 0.416 e. The molecule has 46 heavy (non-hydrogen) atoms. The zero-order valence-corrected chi connectivity index (χ0v) is 24.8. The molecule has 4 aromatic carbocycles. The molecular weight excluding hydrogens is 629 g/mol. The highest BCUT2D eigenvalue weighted by atomic mass is 35.5. The van der Waals surface area contributed by atoms with Gasteiger partial charge >= 0.3 is 6.18 Å². The highest BCUT2D eigenvalue weighted by Crippen LogP contribution is 2.42. The lowest BCUT2D eigenvalue weighted by Gasteiger charge is -2.19. The van der Waals surface area contributed by atoms with Crippen molar-refractivity contribution in [2.45, 2.75) is 31.7 Å². The number of hydrogen-bond donors (Lipinski definition) is 3. The smallest absolute Gasteiger partial charge is 0.386 e. The number of benzene rings is 4. The van der Waals surface area contributed by atoms with Crippen LogP contribution in [0.3, 0.4) is 0 Å². The van der Waals surface area contributed by atoms with E-state index in [9.17, 15) is 36.6 Å². The minimum atomic E-state index is -4.91. The number of fused-ring (bicyclic) bond motifs is 2. The van der Waals surface area contributed by atoms with Crippen molar-refractivity contribution in [2.75, 3.05) is 5.32 Å². The fourth-order valence-corrected chi connectivity index (χ4v) is 5.62. The van der Waals surface area contributed by atoms with Crippen molar-refractivity contribution >= 4 is 40.0 Å². The van der Waals surface area contributed by atoms with E-state index in [1.54, 1.807) is 50.4 Å². The van der Waals surface area contributed by atoms with E-state index in [-0.39, 0.29) is 33.5 Å². The molecule has 5 aromatic rings.